The van der Waals surface area contributed by atoms with Crippen molar-refractivity contribution >= 4 is 17.5 Å². The molecule has 1 atom stereocenters. The van der Waals surface area contributed by atoms with Crippen LogP contribution in [0.15, 0.2) is 54.6 Å². The maximum atomic E-state index is 13.3. The molecule has 0 radical (unpaired) electrons. The van der Waals surface area contributed by atoms with E-state index in [1.54, 1.807) is 0 Å². The van der Waals surface area contributed by atoms with Gasteiger partial charge in [-0.2, -0.15) is 5.26 Å². The molecule has 2 saturated heterocycles. The van der Waals surface area contributed by atoms with E-state index in [2.05, 4.69) is 11.0 Å². The molecule has 2 amide bonds. The van der Waals surface area contributed by atoms with E-state index in [-0.39, 0.29) is 17.7 Å². The summed E-state index contributed by atoms with van der Waals surface area (Å²) in [6.45, 7) is 4.37. The monoisotopic (exact) mass is 430 g/mol. The van der Waals surface area contributed by atoms with Crippen molar-refractivity contribution in [2.45, 2.75) is 25.7 Å². The highest BCUT2D eigenvalue weighted by Crippen LogP contribution is 2.22. The lowest BCUT2D eigenvalue weighted by Crippen LogP contribution is -2.47. The third-order valence-corrected chi connectivity index (χ3v) is 6.49. The molecule has 0 aromatic heterocycles. The highest BCUT2D eigenvalue weighted by molar-refractivity contribution is 5.82. The lowest BCUT2D eigenvalue weighted by Gasteiger charge is -2.35. The number of likely N-dealkylation sites (tertiary alicyclic amines) is 1. The minimum Gasteiger partial charge on any atom is -0.370 e. The molecule has 1 unspecified atom stereocenters. The zero-order chi connectivity index (χ0) is 22.3. The van der Waals surface area contributed by atoms with E-state index in [1.807, 2.05) is 64.4 Å². The molecule has 32 heavy (non-hydrogen) atoms. The Bertz CT molecular complexity index is 968. The molecule has 0 saturated carbocycles. The molecule has 6 nitrogen and oxygen atoms in total. The fraction of sp³-hybridized carbons (Fsp3) is 0.423. The standard InChI is InChI=1S/C26H30N4O2/c27-19-22-9-11-24(12-10-22)28-14-5-15-29(17-16-28)26(32)23-8-4-13-30(20-23)25(31)18-21-6-2-1-3-7-21/h1-3,6-7,9-12,23H,4-5,8,13-18,20H2. The molecule has 0 N–H and O–H groups in total. The number of carbonyl (C=O) groups is 2. The third-order valence-electron chi connectivity index (χ3n) is 6.49. The second kappa shape index (κ2) is 10.3. The Morgan fingerprint density at radius 1 is 0.875 bits per heavy atom. The second-order valence-electron chi connectivity index (χ2n) is 8.67. The first-order valence-electron chi connectivity index (χ1n) is 11.5. The number of carbonyl (C=O) groups excluding carboxylic acids is 2. The van der Waals surface area contributed by atoms with Gasteiger partial charge in [-0.05, 0) is 49.1 Å². The number of anilines is 1. The van der Waals surface area contributed by atoms with E-state index < -0.39 is 0 Å². The zero-order valence-corrected chi connectivity index (χ0v) is 18.4. The molecule has 2 aliphatic heterocycles. The van der Waals surface area contributed by atoms with Crippen LogP contribution in [0.1, 0.15) is 30.4 Å². The van der Waals surface area contributed by atoms with Crippen LogP contribution in [0.25, 0.3) is 0 Å². The summed E-state index contributed by atoms with van der Waals surface area (Å²) in [6.07, 6.45) is 3.03. The summed E-state index contributed by atoms with van der Waals surface area (Å²) < 4.78 is 0. The quantitative estimate of drug-likeness (QED) is 0.748. The molecule has 2 aliphatic rings. The largest absolute Gasteiger partial charge is 0.370 e. The van der Waals surface area contributed by atoms with Gasteiger partial charge in [0.25, 0.3) is 0 Å². The van der Waals surface area contributed by atoms with Gasteiger partial charge in [-0.1, -0.05) is 30.3 Å². The van der Waals surface area contributed by atoms with Crippen molar-refractivity contribution in [1.82, 2.24) is 9.80 Å². The van der Waals surface area contributed by atoms with Gasteiger partial charge >= 0.3 is 0 Å². The van der Waals surface area contributed by atoms with Crippen LogP contribution in [-0.2, 0) is 16.0 Å². The minimum absolute atomic E-state index is 0.107. The van der Waals surface area contributed by atoms with E-state index in [9.17, 15) is 9.59 Å². The summed E-state index contributed by atoms with van der Waals surface area (Å²) >= 11 is 0. The van der Waals surface area contributed by atoms with E-state index in [0.29, 0.717) is 25.1 Å². The van der Waals surface area contributed by atoms with Gasteiger partial charge in [0.1, 0.15) is 0 Å². The molecule has 0 bridgehead atoms. The third kappa shape index (κ3) is 5.28. The first kappa shape index (κ1) is 21.9. The molecule has 2 fully saturated rings. The van der Waals surface area contributed by atoms with Gasteiger partial charge in [0.05, 0.1) is 24.0 Å². The molecule has 0 aliphatic carbocycles. The fourth-order valence-corrected chi connectivity index (χ4v) is 4.69. The van der Waals surface area contributed by atoms with Crippen LogP contribution >= 0.6 is 0 Å². The van der Waals surface area contributed by atoms with E-state index in [4.69, 9.17) is 5.26 Å². The van der Waals surface area contributed by atoms with E-state index in [1.165, 1.54) is 0 Å². The predicted molar refractivity (Wildman–Crippen MR) is 124 cm³/mol. The minimum atomic E-state index is -0.107. The zero-order valence-electron chi connectivity index (χ0n) is 18.4. The molecule has 4 rings (SSSR count). The summed E-state index contributed by atoms with van der Waals surface area (Å²) in [5, 5.41) is 9.00. The maximum Gasteiger partial charge on any atom is 0.227 e. The Morgan fingerprint density at radius 2 is 1.62 bits per heavy atom. The summed E-state index contributed by atoms with van der Waals surface area (Å²) in [5.41, 5.74) is 2.76. The maximum absolute atomic E-state index is 13.3. The second-order valence-corrected chi connectivity index (χ2v) is 8.67. The van der Waals surface area contributed by atoms with Crippen molar-refractivity contribution in [3.05, 3.63) is 65.7 Å². The SMILES string of the molecule is N#Cc1ccc(N2CCCN(C(=O)C3CCCN(C(=O)Cc4ccccc4)C3)CC2)cc1. The molecule has 6 heteroatoms. The Hall–Kier alpha value is -3.33. The Morgan fingerprint density at radius 3 is 2.38 bits per heavy atom. The average molecular weight is 431 g/mol. The van der Waals surface area contributed by atoms with Gasteiger partial charge in [-0.3, -0.25) is 9.59 Å². The normalized spacial score (nSPS) is 19.2. The fourth-order valence-electron chi connectivity index (χ4n) is 4.69. The molecule has 0 spiro atoms. The van der Waals surface area contributed by atoms with Crippen molar-refractivity contribution in [2.75, 3.05) is 44.2 Å². The number of hydrogen-bond acceptors (Lipinski definition) is 4. The smallest absolute Gasteiger partial charge is 0.227 e. The van der Waals surface area contributed by atoms with Crippen LogP contribution in [0.4, 0.5) is 5.69 Å². The Kier molecular flexibility index (Phi) is 7.06. The number of benzene rings is 2. The lowest BCUT2D eigenvalue weighted by molar-refractivity contribution is -0.140. The average Bonchev–Trinajstić information content (AvgIpc) is 3.11. The Labute approximate surface area is 190 Å². The highest BCUT2D eigenvalue weighted by Gasteiger charge is 2.32. The number of piperidine rings is 1. The van der Waals surface area contributed by atoms with Crippen LogP contribution in [-0.4, -0.2) is 60.9 Å². The van der Waals surface area contributed by atoms with Gasteiger partial charge in [0.2, 0.25) is 11.8 Å². The summed E-state index contributed by atoms with van der Waals surface area (Å²) in [6, 6.07) is 19.6. The number of nitriles is 1. The first-order valence-corrected chi connectivity index (χ1v) is 11.5. The number of amides is 2. The number of rotatable bonds is 4. The Balaban J connectivity index is 1.33. The molecular formula is C26H30N4O2. The summed E-state index contributed by atoms with van der Waals surface area (Å²) in [5.74, 6) is 0.186. The first-order chi connectivity index (χ1) is 15.6. The predicted octanol–water partition coefficient (Wildman–Crippen LogP) is 3.08. The van der Waals surface area contributed by atoms with Crippen LogP contribution in [0, 0.1) is 17.2 Å². The van der Waals surface area contributed by atoms with Crippen molar-refractivity contribution < 1.29 is 9.59 Å². The van der Waals surface area contributed by atoms with Gasteiger partial charge in [-0.25, -0.2) is 0 Å². The van der Waals surface area contributed by atoms with Gasteiger partial charge in [0, 0.05) is 45.0 Å². The van der Waals surface area contributed by atoms with Crippen LogP contribution < -0.4 is 4.90 Å². The summed E-state index contributed by atoms with van der Waals surface area (Å²) in [7, 11) is 0. The summed E-state index contributed by atoms with van der Waals surface area (Å²) in [4.78, 5) is 32.2. The van der Waals surface area contributed by atoms with Crippen LogP contribution in [0.3, 0.4) is 0 Å². The highest BCUT2D eigenvalue weighted by atomic mass is 16.2. The van der Waals surface area contributed by atoms with Gasteiger partial charge < -0.3 is 14.7 Å². The number of hydrogen-bond donors (Lipinski definition) is 0. The van der Waals surface area contributed by atoms with E-state index >= 15 is 0 Å². The molecule has 2 aromatic carbocycles. The van der Waals surface area contributed by atoms with Crippen molar-refractivity contribution in [1.29, 1.82) is 5.26 Å². The molecule has 2 aromatic rings. The molecule has 2 heterocycles. The molecular weight excluding hydrogens is 400 g/mol. The molecule has 166 valence electrons. The van der Waals surface area contributed by atoms with Crippen molar-refractivity contribution in [3.63, 3.8) is 0 Å². The van der Waals surface area contributed by atoms with Crippen LogP contribution in [0.2, 0.25) is 0 Å². The van der Waals surface area contributed by atoms with Gasteiger partial charge in [-0.15, -0.1) is 0 Å². The topological polar surface area (TPSA) is 67.7 Å². The van der Waals surface area contributed by atoms with Crippen molar-refractivity contribution in [3.8, 4) is 6.07 Å². The van der Waals surface area contributed by atoms with Crippen LogP contribution in [0.5, 0.6) is 0 Å². The van der Waals surface area contributed by atoms with E-state index in [0.717, 1.165) is 56.7 Å². The lowest BCUT2D eigenvalue weighted by atomic mass is 9.95. The van der Waals surface area contributed by atoms with Crippen molar-refractivity contribution in [2.24, 2.45) is 5.92 Å². The number of nitrogens with zero attached hydrogens (tertiary/aromatic N) is 4. The van der Waals surface area contributed by atoms with Gasteiger partial charge in [0.15, 0.2) is 0 Å².